The first kappa shape index (κ1) is 17.6. The molecule has 0 aromatic heterocycles. The third-order valence-corrected chi connectivity index (χ3v) is 4.99. The number of morpholine rings is 2. The molecule has 24 heavy (non-hydrogen) atoms. The van der Waals surface area contributed by atoms with Gasteiger partial charge in [-0.05, 0) is 6.92 Å². The first-order valence-corrected chi connectivity index (χ1v) is 8.87. The molecule has 0 aromatic rings. The predicted molar refractivity (Wildman–Crippen MR) is 87.6 cm³/mol. The van der Waals surface area contributed by atoms with E-state index < -0.39 is 0 Å². The van der Waals surface area contributed by atoms with Gasteiger partial charge >= 0.3 is 0 Å². The van der Waals surface area contributed by atoms with Gasteiger partial charge in [-0.1, -0.05) is 0 Å². The van der Waals surface area contributed by atoms with Crippen molar-refractivity contribution in [1.29, 1.82) is 0 Å². The molecule has 3 fully saturated rings. The zero-order valence-corrected chi connectivity index (χ0v) is 14.4. The number of piperazine rings is 1. The summed E-state index contributed by atoms with van der Waals surface area (Å²) >= 11 is 0. The summed E-state index contributed by atoms with van der Waals surface area (Å²) in [4.78, 5) is 30.9. The van der Waals surface area contributed by atoms with E-state index in [2.05, 4.69) is 10.2 Å². The lowest BCUT2D eigenvalue weighted by Gasteiger charge is -2.39. The Morgan fingerprint density at radius 3 is 2.33 bits per heavy atom. The lowest BCUT2D eigenvalue weighted by Crippen LogP contribution is -2.60. The summed E-state index contributed by atoms with van der Waals surface area (Å²) in [5.74, 6) is 0.235. The normalized spacial score (nSPS) is 29.5. The summed E-state index contributed by atoms with van der Waals surface area (Å²) in [6.45, 7) is 9.17. The molecule has 8 nitrogen and oxygen atoms in total. The second-order valence-corrected chi connectivity index (χ2v) is 6.60. The minimum atomic E-state index is -0.269. The Morgan fingerprint density at radius 2 is 1.67 bits per heavy atom. The van der Waals surface area contributed by atoms with E-state index in [1.54, 1.807) is 0 Å². The molecule has 2 amide bonds. The Morgan fingerprint density at radius 1 is 1.00 bits per heavy atom. The molecule has 0 bridgehead atoms. The number of hydrogen-bond donors (Lipinski definition) is 1. The first-order chi connectivity index (χ1) is 11.6. The quantitative estimate of drug-likeness (QED) is 0.665. The number of amides is 2. The molecule has 0 aromatic carbocycles. The minimum Gasteiger partial charge on any atom is -0.379 e. The number of hydrogen-bond acceptors (Lipinski definition) is 6. The van der Waals surface area contributed by atoms with Crippen LogP contribution in [0.5, 0.6) is 0 Å². The average molecular weight is 340 g/mol. The van der Waals surface area contributed by atoms with Gasteiger partial charge in [0.05, 0.1) is 32.5 Å². The molecular formula is C16H28N4O4. The van der Waals surface area contributed by atoms with Gasteiger partial charge < -0.3 is 24.6 Å². The van der Waals surface area contributed by atoms with Gasteiger partial charge in [-0.15, -0.1) is 0 Å². The molecule has 0 saturated carbocycles. The largest absolute Gasteiger partial charge is 0.379 e. The highest BCUT2D eigenvalue weighted by Gasteiger charge is 2.34. The van der Waals surface area contributed by atoms with Crippen LogP contribution in [-0.2, 0) is 19.1 Å². The fraction of sp³-hybridized carbons (Fsp3) is 0.875. The van der Waals surface area contributed by atoms with Gasteiger partial charge in [-0.25, -0.2) is 0 Å². The van der Waals surface area contributed by atoms with Crippen molar-refractivity contribution in [3.05, 3.63) is 0 Å². The molecule has 0 spiro atoms. The molecule has 0 aliphatic carbocycles. The summed E-state index contributed by atoms with van der Waals surface area (Å²) in [7, 11) is 0. The van der Waals surface area contributed by atoms with Crippen molar-refractivity contribution >= 4 is 11.8 Å². The molecule has 0 unspecified atom stereocenters. The summed E-state index contributed by atoms with van der Waals surface area (Å²) < 4.78 is 10.9. The van der Waals surface area contributed by atoms with Crippen LogP contribution in [-0.4, -0.2) is 111 Å². The molecule has 3 rings (SSSR count). The number of carbonyl (C=O) groups is 2. The Balaban J connectivity index is 1.44. The van der Waals surface area contributed by atoms with E-state index in [-0.39, 0.29) is 24.0 Å². The maximum Gasteiger partial charge on any atom is 0.242 e. The molecule has 8 heteroatoms. The van der Waals surface area contributed by atoms with Crippen LogP contribution < -0.4 is 5.32 Å². The van der Waals surface area contributed by atoms with Gasteiger partial charge in [0.15, 0.2) is 0 Å². The van der Waals surface area contributed by atoms with Crippen molar-refractivity contribution in [2.45, 2.75) is 19.1 Å². The molecule has 0 radical (unpaired) electrons. The van der Waals surface area contributed by atoms with Crippen molar-refractivity contribution in [1.82, 2.24) is 20.0 Å². The maximum atomic E-state index is 12.6. The zero-order chi connectivity index (χ0) is 16.9. The predicted octanol–water partition coefficient (Wildman–Crippen LogP) is -1.63. The van der Waals surface area contributed by atoms with E-state index in [0.29, 0.717) is 59.1 Å². The van der Waals surface area contributed by atoms with Gasteiger partial charge in [0.25, 0.3) is 0 Å². The summed E-state index contributed by atoms with van der Waals surface area (Å²) in [6, 6.07) is -0.269. The first-order valence-electron chi connectivity index (χ1n) is 8.87. The van der Waals surface area contributed by atoms with Crippen molar-refractivity contribution in [2.24, 2.45) is 0 Å². The van der Waals surface area contributed by atoms with Crippen LogP contribution in [0.15, 0.2) is 0 Å². The third kappa shape index (κ3) is 4.24. The molecule has 3 saturated heterocycles. The van der Waals surface area contributed by atoms with Gasteiger partial charge in [0.2, 0.25) is 11.8 Å². The van der Waals surface area contributed by atoms with Crippen LogP contribution >= 0.6 is 0 Å². The summed E-state index contributed by atoms with van der Waals surface area (Å²) in [5.41, 5.74) is 0. The standard InChI is InChI=1S/C16H28N4O4/c1-13-15(17-2-9-24-13)16(22)20-5-3-19(4-6-20)14(21)12-18-7-10-23-11-8-18/h13,15,17H,2-12H2,1H3/t13-,15+/m1/s1. The van der Waals surface area contributed by atoms with E-state index >= 15 is 0 Å². The van der Waals surface area contributed by atoms with Gasteiger partial charge in [-0.3, -0.25) is 14.5 Å². The molecule has 2 atom stereocenters. The Hall–Kier alpha value is -1.22. The Bertz CT molecular complexity index is 447. The lowest BCUT2D eigenvalue weighted by molar-refractivity contribution is -0.145. The highest BCUT2D eigenvalue weighted by molar-refractivity contribution is 5.83. The van der Waals surface area contributed by atoms with Crippen LogP contribution in [0.25, 0.3) is 0 Å². The fourth-order valence-electron chi connectivity index (χ4n) is 3.43. The lowest BCUT2D eigenvalue weighted by atomic mass is 10.1. The second-order valence-electron chi connectivity index (χ2n) is 6.60. The van der Waals surface area contributed by atoms with Crippen LogP contribution in [0.1, 0.15) is 6.92 Å². The smallest absolute Gasteiger partial charge is 0.242 e. The van der Waals surface area contributed by atoms with E-state index in [9.17, 15) is 9.59 Å². The maximum absolute atomic E-state index is 12.6. The number of ether oxygens (including phenoxy) is 2. The van der Waals surface area contributed by atoms with Gasteiger partial charge in [0.1, 0.15) is 6.04 Å². The number of nitrogens with one attached hydrogen (secondary N) is 1. The zero-order valence-electron chi connectivity index (χ0n) is 14.4. The molecule has 136 valence electrons. The van der Waals surface area contributed by atoms with Crippen molar-refractivity contribution in [3.63, 3.8) is 0 Å². The van der Waals surface area contributed by atoms with E-state index in [4.69, 9.17) is 9.47 Å². The summed E-state index contributed by atoms with van der Waals surface area (Å²) in [6.07, 6.45) is -0.104. The Kier molecular flexibility index (Phi) is 6.04. The molecule has 3 aliphatic rings. The van der Waals surface area contributed by atoms with E-state index in [1.807, 2.05) is 16.7 Å². The summed E-state index contributed by atoms with van der Waals surface area (Å²) in [5, 5.41) is 3.24. The van der Waals surface area contributed by atoms with Gasteiger partial charge in [-0.2, -0.15) is 0 Å². The van der Waals surface area contributed by atoms with Crippen LogP contribution in [0, 0.1) is 0 Å². The fourth-order valence-corrected chi connectivity index (χ4v) is 3.43. The highest BCUT2D eigenvalue weighted by atomic mass is 16.5. The second kappa shape index (κ2) is 8.24. The third-order valence-electron chi connectivity index (χ3n) is 4.99. The number of carbonyl (C=O) groups excluding carboxylic acids is 2. The minimum absolute atomic E-state index is 0.0856. The molecule has 1 N–H and O–H groups in total. The topological polar surface area (TPSA) is 74.4 Å². The van der Waals surface area contributed by atoms with Crippen molar-refractivity contribution in [3.8, 4) is 0 Å². The highest BCUT2D eigenvalue weighted by Crippen LogP contribution is 2.11. The average Bonchev–Trinajstić information content (AvgIpc) is 2.62. The molecular weight excluding hydrogens is 312 g/mol. The monoisotopic (exact) mass is 340 g/mol. The number of nitrogens with zero attached hydrogens (tertiary/aromatic N) is 3. The Labute approximate surface area is 143 Å². The van der Waals surface area contributed by atoms with Crippen LogP contribution in [0.2, 0.25) is 0 Å². The van der Waals surface area contributed by atoms with Crippen LogP contribution in [0.3, 0.4) is 0 Å². The van der Waals surface area contributed by atoms with Crippen molar-refractivity contribution in [2.75, 3.05) is 72.2 Å². The van der Waals surface area contributed by atoms with Crippen molar-refractivity contribution < 1.29 is 19.1 Å². The van der Waals surface area contributed by atoms with Gasteiger partial charge in [0, 0.05) is 45.8 Å². The SMILES string of the molecule is C[C@H]1OCCN[C@@H]1C(=O)N1CCN(C(=O)CN2CCOCC2)CC1. The molecule has 3 aliphatic heterocycles. The van der Waals surface area contributed by atoms with Crippen LogP contribution in [0.4, 0.5) is 0 Å². The van der Waals surface area contributed by atoms with E-state index in [0.717, 1.165) is 13.1 Å². The van der Waals surface area contributed by atoms with E-state index in [1.165, 1.54) is 0 Å². The number of rotatable bonds is 3. The molecule has 3 heterocycles.